The highest BCUT2D eigenvalue weighted by Crippen LogP contribution is 2.09. The highest BCUT2D eigenvalue weighted by atomic mass is 32.1. The Labute approximate surface area is 50.5 Å². The van der Waals surface area contributed by atoms with Gasteiger partial charge >= 0.3 is 0 Å². The molecule has 3 nitrogen and oxygen atoms in total. The number of hydrogen-bond donors (Lipinski definition) is 1. The Morgan fingerprint density at radius 1 is 1.88 bits per heavy atom. The lowest BCUT2D eigenvalue weighted by molar-refractivity contribution is 1.47. The Morgan fingerprint density at radius 2 is 2.62 bits per heavy atom. The molecule has 8 heavy (non-hydrogen) atoms. The molecule has 2 N–H and O–H groups in total. The second-order valence-corrected chi connectivity index (χ2v) is 1.85. The molecule has 0 unspecified atom stereocenters. The van der Waals surface area contributed by atoms with Gasteiger partial charge in [0.05, 0.1) is 0 Å². The molecule has 0 aliphatic heterocycles. The summed E-state index contributed by atoms with van der Waals surface area (Å²) in [7, 11) is 0. The summed E-state index contributed by atoms with van der Waals surface area (Å²) in [6, 6.07) is 1.90. The fourth-order valence-electron chi connectivity index (χ4n) is 0.329. The molecule has 0 saturated heterocycles. The number of anilines is 1. The first kappa shape index (κ1) is 5.06. The molecule has 0 aromatic carbocycles. The zero-order chi connectivity index (χ0) is 5.98. The first-order chi connectivity index (χ1) is 3.84. The van der Waals surface area contributed by atoms with E-state index >= 15 is 0 Å². The molecule has 1 rings (SSSR count). The van der Waals surface area contributed by atoms with Crippen molar-refractivity contribution in [3.63, 3.8) is 0 Å². The zero-order valence-corrected chi connectivity index (χ0v) is 4.77. The van der Waals surface area contributed by atoms with Gasteiger partial charge in [0.1, 0.15) is 11.6 Å². The fraction of sp³-hybridized carbons (Fsp3) is 0. The number of hydrogen-bond acceptors (Lipinski definition) is 4. The molecule has 0 bridgehead atoms. The lowest BCUT2D eigenvalue weighted by Gasteiger charge is -1.76. The third-order valence-corrected chi connectivity index (χ3v) is 1.36. The molecule has 1 aromatic heterocycles. The minimum atomic E-state index is 0.331. The molecular formula is C4H3N3S. The lowest BCUT2D eigenvalue weighted by Crippen LogP contribution is -1.85. The summed E-state index contributed by atoms with van der Waals surface area (Å²) >= 11 is 1.19. The molecule has 40 valence electrons. The van der Waals surface area contributed by atoms with E-state index in [-0.39, 0.29) is 0 Å². The van der Waals surface area contributed by atoms with Crippen LogP contribution < -0.4 is 5.73 Å². The van der Waals surface area contributed by atoms with Crippen molar-refractivity contribution in [3.05, 3.63) is 10.9 Å². The molecule has 4 heteroatoms. The van der Waals surface area contributed by atoms with E-state index in [0.29, 0.717) is 11.4 Å². The number of rotatable bonds is 0. The number of nitrogen functional groups attached to an aromatic ring is 1. The molecule has 0 fully saturated rings. The maximum Gasteiger partial charge on any atom is 0.155 e. The van der Waals surface area contributed by atoms with Crippen molar-refractivity contribution in [3.8, 4) is 6.07 Å². The van der Waals surface area contributed by atoms with Crippen molar-refractivity contribution in [1.29, 1.82) is 5.26 Å². The first-order valence-corrected chi connectivity index (χ1v) is 2.78. The van der Waals surface area contributed by atoms with Gasteiger partial charge in [-0.3, -0.25) is 0 Å². The average Bonchev–Trinajstić information content (AvgIpc) is 2.14. The monoisotopic (exact) mass is 125 g/mol. The zero-order valence-electron chi connectivity index (χ0n) is 3.96. The molecule has 1 aromatic rings. The second kappa shape index (κ2) is 1.80. The highest BCUT2D eigenvalue weighted by molar-refractivity contribution is 7.04. The van der Waals surface area contributed by atoms with Gasteiger partial charge < -0.3 is 5.73 Å². The van der Waals surface area contributed by atoms with Crippen molar-refractivity contribution >= 4 is 17.4 Å². The highest BCUT2D eigenvalue weighted by Gasteiger charge is 1.96. The van der Waals surface area contributed by atoms with Gasteiger partial charge in [0.2, 0.25) is 0 Å². The summed E-state index contributed by atoms with van der Waals surface area (Å²) in [5.41, 5.74) is 5.70. The Morgan fingerprint density at radius 3 is 2.88 bits per heavy atom. The third-order valence-electron chi connectivity index (χ3n) is 0.718. The normalized spacial score (nSPS) is 8.38. The summed E-state index contributed by atoms with van der Waals surface area (Å²) in [6.45, 7) is 0. The standard InChI is InChI=1S/C4H3N3S/c5-1-3-2-8-7-4(3)6/h2H,(H2,6,7). The molecular weight excluding hydrogens is 122 g/mol. The van der Waals surface area contributed by atoms with E-state index in [0.717, 1.165) is 0 Å². The second-order valence-electron chi connectivity index (χ2n) is 1.23. The van der Waals surface area contributed by atoms with E-state index in [2.05, 4.69) is 4.37 Å². The summed E-state index contributed by atoms with van der Waals surface area (Å²) in [6.07, 6.45) is 0. The number of nitrogens with zero attached hydrogens (tertiary/aromatic N) is 2. The summed E-state index contributed by atoms with van der Waals surface area (Å²) < 4.78 is 3.68. The van der Waals surface area contributed by atoms with Crippen LogP contribution in [0.2, 0.25) is 0 Å². The molecule has 0 amide bonds. The van der Waals surface area contributed by atoms with Crippen LogP contribution in [0.5, 0.6) is 0 Å². The SMILES string of the molecule is N#Cc1csnc1N. The van der Waals surface area contributed by atoms with Gasteiger partial charge in [-0.2, -0.15) is 9.64 Å². The van der Waals surface area contributed by atoms with E-state index in [4.69, 9.17) is 11.0 Å². The van der Waals surface area contributed by atoms with Gasteiger partial charge in [0.25, 0.3) is 0 Å². The van der Waals surface area contributed by atoms with E-state index in [1.54, 1.807) is 5.38 Å². The minimum Gasteiger partial charge on any atom is -0.382 e. The largest absolute Gasteiger partial charge is 0.382 e. The van der Waals surface area contributed by atoms with E-state index < -0.39 is 0 Å². The molecule has 0 atom stereocenters. The maximum atomic E-state index is 8.24. The van der Waals surface area contributed by atoms with Gasteiger partial charge in [0, 0.05) is 5.38 Å². The lowest BCUT2D eigenvalue weighted by atomic mass is 10.4. The van der Waals surface area contributed by atoms with Crippen LogP contribution in [0, 0.1) is 11.3 Å². The molecule has 1 heterocycles. The molecule has 0 aliphatic rings. The molecule has 0 spiro atoms. The van der Waals surface area contributed by atoms with E-state index in [1.807, 2.05) is 6.07 Å². The van der Waals surface area contributed by atoms with Crippen LogP contribution in [-0.2, 0) is 0 Å². The van der Waals surface area contributed by atoms with Crippen molar-refractivity contribution in [2.45, 2.75) is 0 Å². The van der Waals surface area contributed by atoms with Gasteiger partial charge in [-0.1, -0.05) is 0 Å². The maximum absolute atomic E-state index is 8.24. The molecule has 0 saturated carbocycles. The van der Waals surface area contributed by atoms with Crippen molar-refractivity contribution < 1.29 is 0 Å². The number of aromatic nitrogens is 1. The smallest absolute Gasteiger partial charge is 0.155 e. The van der Waals surface area contributed by atoms with E-state index in [1.165, 1.54) is 11.5 Å². The van der Waals surface area contributed by atoms with Crippen LogP contribution >= 0.6 is 11.5 Å². The van der Waals surface area contributed by atoms with Crippen LogP contribution in [0.15, 0.2) is 5.38 Å². The van der Waals surface area contributed by atoms with Crippen molar-refractivity contribution in [2.75, 3.05) is 5.73 Å². The average molecular weight is 125 g/mol. The Kier molecular flexibility index (Phi) is 1.14. The van der Waals surface area contributed by atoms with Gasteiger partial charge in [-0.25, -0.2) is 0 Å². The predicted molar refractivity (Wildman–Crippen MR) is 31.2 cm³/mol. The van der Waals surface area contributed by atoms with Gasteiger partial charge in [-0.15, -0.1) is 0 Å². The van der Waals surface area contributed by atoms with Gasteiger partial charge in [-0.05, 0) is 11.5 Å². The quantitative estimate of drug-likeness (QED) is 0.552. The van der Waals surface area contributed by atoms with Crippen LogP contribution in [0.3, 0.4) is 0 Å². The topological polar surface area (TPSA) is 62.7 Å². The first-order valence-electron chi connectivity index (χ1n) is 1.94. The Bertz CT molecular complexity index is 221. The fourth-order valence-corrected chi connectivity index (χ4v) is 0.872. The molecule has 0 radical (unpaired) electrons. The van der Waals surface area contributed by atoms with Gasteiger partial charge in [0.15, 0.2) is 5.82 Å². The number of nitriles is 1. The summed E-state index contributed by atoms with van der Waals surface area (Å²) in [5.74, 6) is 0.331. The van der Waals surface area contributed by atoms with Crippen LogP contribution in [-0.4, -0.2) is 4.37 Å². The Hall–Kier alpha value is -1.08. The number of nitrogens with two attached hydrogens (primary N) is 1. The molecule has 0 aliphatic carbocycles. The summed E-state index contributed by atoms with van der Waals surface area (Å²) in [5, 5.41) is 9.86. The van der Waals surface area contributed by atoms with Crippen molar-refractivity contribution in [2.24, 2.45) is 0 Å². The van der Waals surface area contributed by atoms with Crippen LogP contribution in [0.25, 0.3) is 0 Å². The predicted octanol–water partition coefficient (Wildman–Crippen LogP) is 0.597. The van der Waals surface area contributed by atoms with Crippen molar-refractivity contribution in [1.82, 2.24) is 4.37 Å². The Balaban J connectivity index is 3.15. The third kappa shape index (κ3) is 0.634. The van der Waals surface area contributed by atoms with E-state index in [9.17, 15) is 0 Å². The minimum absolute atomic E-state index is 0.331. The summed E-state index contributed by atoms with van der Waals surface area (Å²) in [4.78, 5) is 0. The van der Waals surface area contributed by atoms with Crippen LogP contribution in [0.1, 0.15) is 5.56 Å². The van der Waals surface area contributed by atoms with Crippen LogP contribution in [0.4, 0.5) is 5.82 Å².